The van der Waals surface area contributed by atoms with Crippen LogP contribution in [0.25, 0.3) is 0 Å². The van der Waals surface area contributed by atoms with Crippen molar-refractivity contribution >= 4 is 5.91 Å². The van der Waals surface area contributed by atoms with Crippen molar-refractivity contribution in [2.75, 3.05) is 0 Å². The Morgan fingerprint density at radius 3 is 2.50 bits per heavy atom. The normalized spacial score (nSPS) is 34.1. The molecule has 0 spiro atoms. The number of hydrogen-bond donors (Lipinski definition) is 1. The molecule has 2 aliphatic rings. The standard InChI is InChI=1S/C11H16N2O/c1-7-5-9(7)10(14)13-11(2,6-12)8-3-4-8/h7-9H,3-5H2,1-2H3,(H,13,14). The molecular weight excluding hydrogens is 176 g/mol. The fourth-order valence-electron chi connectivity index (χ4n) is 1.92. The SMILES string of the molecule is CC1CC1C(=O)NC(C)(C#N)C1CC1. The van der Waals surface area contributed by atoms with E-state index in [1.165, 1.54) is 0 Å². The van der Waals surface area contributed by atoms with Gasteiger partial charge in [0.15, 0.2) is 0 Å². The van der Waals surface area contributed by atoms with Gasteiger partial charge in [0.1, 0.15) is 5.54 Å². The maximum absolute atomic E-state index is 11.7. The van der Waals surface area contributed by atoms with Gasteiger partial charge in [0.2, 0.25) is 5.91 Å². The van der Waals surface area contributed by atoms with E-state index in [2.05, 4.69) is 18.3 Å². The molecule has 0 saturated heterocycles. The first-order valence-electron chi connectivity index (χ1n) is 5.30. The van der Waals surface area contributed by atoms with E-state index in [0.717, 1.165) is 19.3 Å². The van der Waals surface area contributed by atoms with Crippen LogP contribution in [0.4, 0.5) is 0 Å². The number of rotatable bonds is 3. The predicted molar refractivity (Wildman–Crippen MR) is 52.2 cm³/mol. The number of nitrogens with one attached hydrogen (secondary N) is 1. The van der Waals surface area contributed by atoms with Gasteiger partial charge in [-0.1, -0.05) is 6.92 Å². The molecule has 0 radical (unpaired) electrons. The lowest BCUT2D eigenvalue weighted by Gasteiger charge is -2.22. The molecule has 2 aliphatic carbocycles. The maximum Gasteiger partial charge on any atom is 0.224 e. The zero-order valence-corrected chi connectivity index (χ0v) is 8.71. The second-order valence-corrected chi connectivity index (χ2v) is 4.90. The van der Waals surface area contributed by atoms with Crippen molar-refractivity contribution in [1.29, 1.82) is 5.26 Å². The largest absolute Gasteiger partial charge is 0.338 e. The molecule has 0 aromatic heterocycles. The summed E-state index contributed by atoms with van der Waals surface area (Å²) in [6.45, 7) is 3.92. The van der Waals surface area contributed by atoms with Crippen LogP contribution in [-0.2, 0) is 4.79 Å². The van der Waals surface area contributed by atoms with Crippen molar-refractivity contribution < 1.29 is 4.79 Å². The average molecular weight is 192 g/mol. The first kappa shape index (κ1) is 9.51. The Balaban J connectivity index is 1.95. The van der Waals surface area contributed by atoms with Crippen LogP contribution in [0, 0.1) is 29.1 Å². The molecule has 76 valence electrons. The molecule has 14 heavy (non-hydrogen) atoms. The van der Waals surface area contributed by atoms with E-state index in [4.69, 9.17) is 5.26 Å². The van der Waals surface area contributed by atoms with Gasteiger partial charge in [-0.05, 0) is 38.0 Å². The van der Waals surface area contributed by atoms with E-state index in [9.17, 15) is 4.79 Å². The highest BCUT2D eigenvalue weighted by Crippen LogP contribution is 2.42. The Morgan fingerprint density at radius 2 is 2.14 bits per heavy atom. The lowest BCUT2D eigenvalue weighted by Crippen LogP contribution is -2.47. The Labute approximate surface area is 84.5 Å². The minimum absolute atomic E-state index is 0.0773. The van der Waals surface area contributed by atoms with Crippen molar-refractivity contribution in [3.63, 3.8) is 0 Å². The van der Waals surface area contributed by atoms with Crippen molar-refractivity contribution in [2.45, 2.75) is 38.6 Å². The summed E-state index contributed by atoms with van der Waals surface area (Å²) in [6, 6.07) is 2.24. The highest BCUT2D eigenvalue weighted by Gasteiger charge is 2.47. The van der Waals surface area contributed by atoms with Gasteiger partial charge in [-0.2, -0.15) is 5.26 Å². The molecule has 1 N–H and O–H groups in total. The van der Waals surface area contributed by atoms with Crippen LogP contribution in [0.2, 0.25) is 0 Å². The molecule has 0 heterocycles. The van der Waals surface area contributed by atoms with E-state index < -0.39 is 5.54 Å². The average Bonchev–Trinajstić information content (AvgIpc) is 2.96. The molecule has 3 heteroatoms. The molecule has 2 saturated carbocycles. The fourth-order valence-corrected chi connectivity index (χ4v) is 1.92. The highest BCUT2D eigenvalue weighted by molar-refractivity contribution is 5.82. The summed E-state index contributed by atoms with van der Waals surface area (Å²) in [7, 11) is 0. The predicted octanol–water partition coefficient (Wildman–Crippen LogP) is 1.45. The molecule has 3 atom stereocenters. The maximum atomic E-state index is 11.7. The Hall–Kier alpha value is -1.04. The first-order valence-corrected chi connectivity index (χ1v) is 5.30. The van der Waals surface area contributed by atoms with Gasteiger partial charge >= 0.3 is 0 Å². The lowest BCUT2D eigenvalue weighted by molar-refractivity contribution is -0.124. The van der Waals surface area contributed by atoms with Gasteiger partial charge in [0.05, 0.1) is 6.07 Å². The molecule has 0 aromatic rings. The molecule has 3 unspecified atom stereocenters. The number of carbonyl (C=O) groups excluding carboxylic acids is 1. The molecule has 3 nitrogen and oxygen atoms in total. The summed E-state index contributed by atoms with van der Waals surface area (Å²) in [5, 5.41) is 11.9. The molecule has 1 amide bonds. The van der Waals surface area contributed by atoms with Crippen molar-refractivity contribution in [1.82, 2.24) is 5.32 Å². The quantitative estimate of drug-likeness (QED) is 0.735. The van der Waals surface area contributed by atoms with Gasteiger partial charge in [0, 0.05) is 5.92 Å². The zero-order chi connectivity index (χ0) is 10.3. The molecule has 0 aliphatic heterocycles. The summed E-state index contributed by atoms with van der Waals surface area (Å²) >= 11 is 0. The summed E-state index contributed by atoms with van der Waals surface area (Å²) in [5.41, 5.74) is -0.612. The van der Waals surface area contributed by atoms with E-state index in [0.29, 0.717) is 11.8 Å². The zero-order valence-electron chi connectivity index (χ0n) is 8.71. The van der Waals surface area contributed by atoms with Gasteiger partial charge < -0.3 is 5.32 Å². The summed E-state index contributed by atoms with van der Waals surface area (Å²) in [5.74, 6) is 1.14. The third-order valence-corrected chi connectivity index (χ3v) is 3.46. The van der Waals surface area contributed by atoms with E-state index in [1.54, 1.807) is 0 Å². The molecule has 2 rings (SSSR count). The Bertz CT molecular complexity index is 303. The van der Waals surface area contributed by atoms with Crippen molar-refractivity contribution in [2.24, 2.45) is 17.8 Å². The third-order valence-electron chi connectivity index (χ3n) is 3.46. The summed E-state index contributed by atoms with van der Waals surface area (Å²) < 4.78 is 0. The smallest absolute Gasteiger partial charge is 0.224 e. The summed E-state index contributed by atoms with van der Waals surface area (Å²) in [4.78, 5) is 11.7. The number of amides is 1. The van der Waals surface area contributed by atoms with Crippen LogP contribution < -0.4 is 5.32 Å². The number of carbonyl (C=O) groups is 1. The van der Waals surface area contributed by atoms with Gasteiger partial charge in [0.25, 0.3) is 0 Å². The minimum Gasteiger partial charge on any atom is -0.338 e. The Morgan fingerprint density at radius 1 is 1.57 bits per heavy atom. The summed E-state index contributed by atoms with van der Waals surface area (Å²) in [6.07, 6.45) is 3.13. The van der Waals surface area contributed by atoms with Gasteiger partial charge in [-0.3, -0.25) is 4.79 Å². The van der Waals surface area contributed by atoms with Crippen LogP contribution in [0.1, 0.15) is 33.1 Å². The van der Waals surface area contributed by atoms with Crippen LogP contribution in [0.15, 0.2) is 0 Å². The van der Waals surface area contributed by atoms with E-state index >= 15 is 0 Å². The second-order valence-electron chi connectivity index (χ2n) is 4.90. The molecule has 0 bridgehead atoms. The van der Waals surface area contributed by atoms with Crippen LogP contribution >= 0.6 is 0 Å². The van der Waals surface area contributed by atoms with Crippen molar-refractivity contribution in [3.8, 4) is 6.07 Å². The van der Waals surface area contributed by atoms with Crippen LogP contribution in [0.5, 0.6) is 0 Å². The van der Waals surface area contributed by atoms with Crippen LogP contribution in [0.3, 0.4) is 0 Å². The molecule has 0 aromatic carbocycles. The molecular formula is C11H16N2O. The van der Waals surface area contributed by atoms with E-state index in [1.807, 2.05) is 6.92 Å². The second kappa shape index (κ2) is 2.98. The number of nitriles is 1. The first-order chi connectivity index (χ1) is 6.57. The topological polar surface area (TPSA) is 52.9 Å². The van der Waals surface area contributed by atoms with Crippen LogP contribution in [-0.4, -0.2) is 11.4 Å². The number of nitrogens with zero attached hydrogens (tertiary/aromatic N) is 1. The van der Waals surface area contributed by atoms with Gasteiger partial charge in [-0.15, -0.1) is 0 Å². The lowest BCUT2D eigenvalue weighted by atomic mass is 9.97. The fraction of sp³-hybridized carbons (Fsp3) is 0.818. The number of hydrogen-bond acceptors (Lipinski definition) is 2. The monoisotopic (exact) mass is 192 g/mol. The van der Waals surface area contributed by atoms with Crippen molar-refractivity contribution in [3.05, 3.63) is 0 Å². The van der Waals surface area contributed by atoms with E-state index in [-0.39, 0.29) is 11.8 Å². The highest BCUT2D eigenvalue weighted by atomic mass is 16.2. The third kappa shape index (κ3) is 1.61. The molecule has 2 fully saturated rings. The Kier molecular flexibility index (Phi) is 2.02. The van der Waals surface area contributed by atoms with Gasteiger partial charge in [-0.25, -0.2) is 0 Å². The minimum atomic E-state index is -0.612.